The van der Waals surface area contributed by atoms with Crippen LogP contribution in [0.1, 0.15) is 16.1 Å². The van der Waals surface area contributed by atoms with E-state index in [0.717, 1.165) is 42.7 Å². The number of nitrogens with zero attached hydrogens (tertiary/aromatic N) is 5. The molecule has 1 saturated heterocycles. The van der Waals surface area contributed by atoms with Gasteiger partial charge in [0.15, 0.2) is 18.2 Å². The number of amides is 2. The summed E-state index contributed by atoms with van der Waals surface area (Å²) in [5, 5.41) is 5.07. The minimum Gasteiger partial charge on any atom is -0.481 e. The summed E-state index contributed by atoms with van der Waals surface area (Å²) >= 11 is 6.45. The number of nitrogens with one attached hydrogen (secondary N) is 2. The molecule has 2 amide bonds. The lowest BCUT2D eigenvalue weighted by molar-refractivity contribution is -0.118. The van der Waals surface area contributed by atoms with Crippen molar-refractivity contribution >= 4 is 40.3 Å². The van der Waals surface area contributed by atoms with Crippen LogP contribution in [0, 0.1) is 0 Å². The molecule has 0 unspecified atom stereocenters. The second kappa shape index (κ2) is 9.98. The second-order valence-electron chi connectivity index (χ2n) is 8.21. The summed E-state index contributed by atoms with van der Waals surface area (Å²) in [6.07, 6.45) is 2.38. The van der Waals surface area contributed by atoms with Gasteiger partial charge in [-0.3, -0.25) is 20.0 Å². The predicted octanol–water partition coefficient (Wildman–Crippen LogP) is 1.52. The van der Waals surface area contributed by atoms with Gasteiger partial charge in [-0.15, -0.1) is 0 Å². The minimum absolute atomic E-state index is 0.0568. The third-order valence-corrected chi connectivity index (χ3v) is 6.29. The van der Waals surface area contributed by atoms with E-state index in [1.54, 1.807) is 31.5 Å². The average molecular weight is 498 g/mol. The van der Waals surface area contributed by atoms with Crippen molar-refractivity contribution in [1.29, 1.82) is 0 Å². The number of rotatable bonds is 6. The van der Waals surface area contributed by atoms with E-state index in [0.29, 0.717) is 29.7 Å². The molecule has 35 heavy (non-hydrogen) atoms. The number of halogens is 1. The van der Waals surface area contributed by atoms with Gasteiger partial charge >= 0.3 is 0 Å². The number of hydrogen-bond donors (Lipinski definition) is 2. The Labute approximate surface area is 206 Å². The molecular weight excluding hydrogens is 474 g/mol. The third kappa shape index (κ3) is 5.11. The molecule has 2 aliphatic heterocycles. The summed E-state index contributed by atoms with van der Waals surface area (Å²) in [6, 6.07) is 6.87. The first-order chi connectivity index (χ1) is 17.0. The van der Waals surface area contributed by atoms with E-state index in [1.807, 2.05) is 11.1 Å². The van der Waals surface area contributed by atoms with Crippen LogP contribution < -0.4 is 20.2 Å². The number of methoxy groups -OCH3 is 1. The molecular formula is C23H24ClN7O4. The molecule has 3 aromatic heterocycles. The van der Waals surface area contributed by atoms with E-state index in [2.05, 4.69) is 30.6 Å². The molecule has 11 nitrogen and oxygen atoms in total. The molecule has 0 bridgehead atoms. The number of carbonyl (C=O) groups is 2. The van der Waals surface area contributed by atoms with Gasteiger partial charge in [0, 0.05) is 50.6 Å². The van der Waals surface area contributed by atoms with Gasteiger partial charge in [-0.25, -0.2) is 15.0 Å². The Morgan fingerprint density at radius 1 is 1.20 bits per heavy atom. The van der Waals surface area contributed by atoms with Crippen LogP contribution in [0.4, 0.5) is 5.82 Å². The van der Waals surface area contributed by atoms with Crippen LogP contribution in [0.25, 0.3) is 11.0 Å². The zero-order chi connectivity index (χ0) is 24.4. The van der Waals surface area contributed by atoms with E-state index < -0.39 is 0 Å². The van der Waals surface area contributed by atoms with Gasteiger partial charge in [-0.2, -0.15) is 0 Å². The zero-order valence-corrected chi connectivity index (χ0v) is 19.8. The van der Waals surface area contributed by atoms with Gasteiger partial charge in [0.1, 0.15) is 5.69 Å². The molecule has 0 spiro atoms. The number of hydrogen-bond acceptors (Lipinski definition) is 9. The first kappa shape index (κ1) is 23.2. The van der Waals surface area contributed by atoms with Gasteiger partial charge in [0.05, 0.1) is 23.2 Å². The van der Waals surface area contributed by atoms with Crippen LogP contribution in [-0.4, -0.2) is 83.1 Å². The van der Waals surface area contributed by atoms with Gasteiger partial charge in [-0.05, 0) is 24.6 Å². The van der Waals surface area contributed by atoms with Crippen molar-refractivity contribution in [2.75, 3.05) is 51.8 Å². The quantitative estimate of drug-likeness (QED) is 0.522. The Balaban J connectivity index is 1.16. The van der Waals surface area contributed by atoms with Crippen LogP contribution >= 0.6 is 11.6 Å². The third-order valence-electron chi connectivity index (χ3n) is 5.97. The fourth-order valence-electron chi connectivity index (χ4n) is 4.07. The molecule has 2 aliphatic rings. The molecule has 0 aromatic carbocycles. The summed E-state index contributed by atoms with van der Waals surface area (Å²) in [7, 11) is 1.58. The predicted molar refractivity (Wildman–Crippen MR) is 129 cm³/mol. The van der Waals surface area contributed by atoms with Crippen LogP contribution in [0.15, 0.2) is 30.5 Å². The first-order valence-corrected chi connectivity index (χ1v) is 11.6. The first-order valence-electron chi connectivity index (χ1n) is 11.2. The molecule has 5 heterocycles. The van der Waals surface area contributed by atoms with Crippen molar-refractivity contribution in [1.82, 2.24) is 30.3 Å². The Kier molecular flexibility index (Phi) is 6.62. The maximum Gasteiger partial charge on any atom is 0.284 e. The van der Waals surface area contributed by atoms with E-state index in [9.17, 15) is 9.59 Å². The summed E-state index contributed by atoms with van der Waals surface area (Å²) < 4.78 is 10.5. The van der Waals surface area contributed by atoms with Crippen LogP contribution in [0.2, 0.25) is 5.02 Å². The Morgan fingerprint density at radius 3 is 2.83 bits per heavy atom. The van der Waals surface area contributed by atoms with Crippen molar-refractivity contribution in [3.63, 3.8) is 0 Å². The van der Waals surface area contributed by atoms with Crippen molar-refractivity contribution in [3.8, 4) is 11.6 Å². The van der Waals surface area contributed by atoms with Gasteiger partial charge < -0.3 is 19.7 Å². The number of anilines is 1. The number of aromatic nitrogens is 3. The molecule has 0 aliphatic carbocycles. The Bertz CT molecular complexity index is 1280. The summed E-state index contributed by atoms with van der Waals surface area (Å²) in [6.45, 7) is 3.61. The van der Waals surface area contributed by atoms with Gasteiger partial charge in [0.25, 0.3) is 11.8 Å². The number of ether oxygens (including phenoxy) is 2. The highest BCUT2D eigenvalue weighted by Gasteiger charge is 2.23. The minimum atomic E-state index is -0.337. The zero-order valence-electron chi connectivity index (χ0n) is 19.1. The highest BCUT2D eigenvalue weighted by Crippen LogP contribution is 2.26. The van der Waals surface area contributed by atoms with Crippen molar-refractivity contribution in [2.45, 2.75) is 6.42 Å². The van der Waals surface area contributed by atoms with Crippen LogP contribution in [0.5, 0.6) is 11.6 Å². The standard InChI is InChI=1S/C23H24ClN7O4/c1-34-20-5-3-16-21(28-20)14(15(24)12-25-16)6-7-30-8-10-31(11-9-30)29-23(33)17-2-4-18-22(26-17)27-19(32)13-35-18/h2-5,12H,6-11,13H2,1H3,(H,29,33)(H,26,27,32). The van der Waals surface area contributed by atoms with E-state index in [4.69, 9.17) is 21.1 Å². The molecule has 5 rings (SSSR count). The lowest BCUT2D eigenvalue weighted by Gasteiger charge is -2.34. The average Bonchev–Trinajstić information content (AvgIpc) is 2.88. The summed E-state index contributed by atoms with van der Waals surface area (Å²) in [4.78, 5) is 39.6. The molecule has 3 aromatic rings. The van der Waals surface area contributed by atoms with Crippen molar-refractivity contribution < 1.29 is 19.1 Å². The molecule has 0 saturated carbocycles. The number of piperazine rings is 1. The molecule has 2 N–H and O–H groups in total. The molecule has 0 atom stereocenters. The van der Waals surface area contributed by atoms with Gasteiger partial charge in [0.2, 0.25) is 5.88 Å². The number of carbonyl (C=O) groups excluding carboxylic acids is 2. The van der Waals surface area contributed by atoms with Crippen LogP contribution in [-0.2, 0) is 11.2 Å². The summed E-state index contributed by atoms with van der Waals surface area (Å²) in [5.74, 6) is 0.597. The number of hydrazine groups is 1. The molecule has 0 radical (unpaired) electrons. The number of fused-ring (bicyclic) bond motifs is 2. The molecule has 1 fully saturated rings. The van der Waals surface area contributed by atoms with Crippen LogP contribution in [0.3, 0.4) is 0 Å². The largest absolute Gasteiger partial charge is 0.481 e. The fraction of sp³-hybridized carbons (Fsp3) is 0.348. The maximum absolute atomic E-state index is 12.7. The lowest BCUT2D eigenvalue weighted by atomic mass is 10.1. The van der Waals surface area contributed by atoms with Gasteiger partial charge in [-0.1, -0.05) is 11.6 Å². The lowest BCUT2D eigenvalue weighted by Crippen LogP contribution is -2.53. The highest BCUT2D eigenvalue weighted by atomic mass is 35.5. The second-order valence-corrected chi connectivity index (χ2v) is 8.61. The Hall–Kier alpha value is -3.54. The normalized spacial score (nSPS) is 16.3. The van der Waals surface area contributed by atoms with E-state index in [-0.39, 0.29) is 29.9 Å². The smallest absolute Gasteiger partial charge is 0.284 e. The monoisotopic (exact) mass is 497 g/mol. The highest BCUT2D eigenvalue weighted by molar-refractivity contribution is 6.32. The molecule has 182 valence electrons. The molecule has 12 heteroatoms. The van der Waals surface area contributed by atoms with Crippen molar-refractivity contribution in [2.24, 2.45) is 0 Å². The van der Waals surface area contributed by atoms with E-state index in [1.165, 1.54) is 0 Å². The summed E-state index contributed by atoms with van der Waals surface area (Å²) in [5.41, 5.74) is 5.57. The van der Waals surface area contributed by atoms with E-state index >= 15 is 0 Å². The fourth-order valence-corrected chi connectivity index (χ4v) is 4.31. The SMILES string of the molecule is COc1ccc2ncc(Cl)c(CCN3CCN(NC(=O)c4ccc5c(n4)NC(=O)CO5)CC3)c2n1. The maximum atomic E-state index is 12.7. The Morgan fingerprint density at radius 2 is 2.03 bits per heavy atom. The number of pyridine rings is 3. The topological polar surface area (TPSA) is 122 Å². The van der Waals surface area contributed by atoms with Crippen molar-refractivity contribution in [3.05, 3.63) is 46.7 Å².